The molecule has 2 aromatic carbocycles. The van der Waals surface area contributed by atoms with E-state index in [0.29, 0.717) is 67.2 Å². The zero-order valence-electron chi connectivity index (χ0n) is 21.9. The van der Waals surface area contributed by atoms with Crippen molar-refractivity contribution in [3.8, 4) is 16.9 Å². The van der Waals surface area contributed by atoms with E-state index in [2.05, 4.69) is 4.90 Å². The Balaban J connectivity index is 1.40. The minimum Gasteiger partial charge on any atom is -0.493 e. The highest BCUT2D eigenvalue weighted by Gasteiger charge is 2.34. The molecular formula is C29H35F2N3O4. The summed E-state index contributed by atoms with van der Waals surface area (Å²) < 4.78 is 34.9. The molecule has 204 valence electrons. The number of hydrogen-bond acceptors (Lipinski definition) is 5. The topological polar surface area (TPSA) is 92.9 Å². The van der Waals surface area contributed by atoms with Crippen molar-refractivity contribution in [1.29, 1.82) is 0 Å². The number of nitrogens with two attached hydrogens (primary N) is 1. The third-order valence-electron chi connectivity index (χ3n) is 7.29. The van der Waals surface area contributed by atoms with E-state index in [9.17, 15) is 23.2 Å². The minimum absolute atomic E-state index is 0.126. The number of nitrogens with zero attached hydrogens (tertiary/aromatic N) is 2. The van der Waals surface area contributed by atoms with Crippen LogP contribution >= 0.6 is 0 Å². The molecule has 2 fully saturated rings. The molecule has 2 aliphatic heterocycles. The van der Waals surface area contributed by atoms with Crippen molar-refractivity contribution in [1.82, 2.24) is 9.80 Å². The van der Waals surface area contributed by atoms with Crippen molar-refractivity contribution < 1.29 is 27.9 Å². The second kappa shape index (κ2) is 11.6. The Morgan fingerprint density at radius 3 is 2.39 bits per heavy atom. The van der Waals surface area contributed by atoms with E-state index in [-0.39, 0.29) is 5.56 Å². The van der Waals surface area contributed by atoms with Gasteiger partial charge in [-0.15, -0.1) is 0 Å². The van der Waals surface area contributed by atoms with E-state index in [1.165, 1.54) is 17.0 Å². The second-order valence-corrected chi connectivity index (χ2v) is 10.9. The summed E-state index contributed by atoms with van der Waals surface area (Å²) in [4.78, 5) is 39.7. The number of halogens is 2. The van der Waals surface area contributed by atoms with Crippen LogP contribution in [0.4, 0.5) is 8.78 Å². The Labute approximate surface area is 221 Å². The van der Waals surface area contributed by atoms with Crippen LogP contribution in [0.3, 0.4) is 0 Å². The second-order valence-electron chi connectivity index (χ2n) is 10.9. The van der Waals surface area contributed by atoms with Crippen molar-refractivity contribution in [2.75, 3.05) is 32.8 Å². The van der Waals surface area contributed by atoms with Crippen molar-refractivity contribution in [2.45, 2.75) is 51.2 Å². The fourth-order valence-corrected chi connectivity index (χ4v) is 5.33. The first kappa shape index (κ1) is 27.7. The molecule has 2 N–H and O–H groups in total. The summed E-state index contributed by atoms with van der Waals surface area (Å²) in [6.45, 7) is 6.03. The summed E-state index contributed by atoms with van der Waals surface area (Å²) >= 11 is 0. The zero-order valence-corrected chi connectivity index (χ0v) is 21.9. The molecule has 2 aliphatic rings. The largest absolute Gasteiger partial charge is 0.493 e. The van der Waals surface area contributed by atoms with Crippen LogP contribution < -0.4 is 10.5 Å². The van der Waals surface area contributed by atoms with Gasteiger partial charge in [0.2, 0.25) is 5.91 Å². The standard InChI is InChI=1S/C29H35F2N3O4/c1-29(2,31)18-33-12-9-19(10-13-33)17-38-26-8-6-20(14-22(26)16-35)21-5-7-23(24(30)15-21)28(37)34-11-3-4-25(34)27(32)36/h5-8,14-16,19,25H,3-4,9-13,17-18H2,1-2H3,(H2,32,36)/t25-/m0/s1. The molecule has 0 saturated carbocycles. The number of hydrogen-bond donors (Lipinski definition) is 1. The van der Waals surface area contributed by atoms with Crippen LogP contribution in [0.1, 0.15) is 60.2 Å². The number of alkyl halides is 1. The maximum Gasteiger partial charge on any atom is 0.257 e. The Morgan fingerprint density at radius 2 is 1.76 bits per heavy atom. The highest BCUT2D eigenvalue weighted by Crippen LogP contribution is 2.30. The number of ether oxygens (including phenoxy) is 1. The summed E-state index contributed by atoms with van der Waals surface area (Å²) in [5, 5.41) is 0. The monoisotopic (exact) mass is 527 g/mol. The normalized spacial score (nSPS) is 18.9. The third kappa shape index (κ3) is 6.56. The number of piperidine rings is 1. The van der Waals surface area contributed by atoms with Crippen LogP contribution in [0.15, 0.2) is 36.4 Å². The highest BCUT2D eigenvalue weighted by molar-refractivity contribution is 5.98. The molecule has 2 aromatic rings. The Bertz CT molecular complexity index is 1190. The first-order chi connectivity index (χ1) is 18.1. The lowest BCUT2D eigenvalue weighted by atomic mass is 9.96. The number of carbonyl (C=O) groups excluding carboxylic acids is 3. The summed E-state index contributed by atoms with van der Waals surface area (Å²) in [6, 6.07) is 8.60. The average Bonchev–Trinajstić information content (AvgIpc) is 3.37. The van der Waals surface area contributed by atoms with Gasteiger partial charge in [-0.1, -0.05) is 12.1 Å². The molecule has 38 heavy (non-hydrogen) atoms. The summed E-state index contributed by atoms with van der Waals surface area (Å²) in [7, 11) is 0. The van der Waals surface area contributed by atoms with Crippen molar-refractivity contribution >= 4 is 18.1 Å². The van der Waals surface area contributed by atoms with Crippen LogP contribution in [0, 0.1) is 11.7 Å². The highest BCUT2D eigenvalue weighted by atomic mass is 19.1. The molecule has 0 radical (unpaired) electrons. The van der Waals surface area contributed by atoms with E-state index in [0.717, 1.165) is 25.9 Å². The summed E-state index contributed by atoms with van der Waals surface area (Å²) in [5.74, 6) is -1.10. The molecule has 0 spiro atoms. The molecule has 9 heteroatoms. The lowest BCUT2D eigenvalue weighted by Gasteiger charge is -2.34. The number of amides is 2. The SMILES string of the molecule is CC(C)(F)CN1CCC(COc2ccc(-c3ccc(C(=O)N4CCC[C@H]4C(N)=O)c(F)c3)cc2C=O)CC1. The van der Waals surface area contributed by atoms with Gasteiger partial charge in [0.15, 0.2) is 6.29 Å². The molecular weight excluding hydrogens is 492 g/mol. The first-order valence-electron chi connectivity index (χ1n) is 13.1. The quantitative estimate of drug-likeness (QED) is 0.493. The van der Waals surface area contributed by atoms with Gasteiger partial charge in [0.05, 0.1) is 17.7 Å². The Morgan fingerprint density at radius 1 is 1.08 bits per heavy atom. The van der Waals surface area contributed by atoms with E-state index in [4.69, 9.17) is 10.5 Å². The van der Waals surface area contributed by atoms with Gasteiger partial charge in [-0.2, -0.15) is 0 Å². The predicted octanol–water partition coefficient (Wildman–Crippen LogP) is 4.23. The van der Waals surface area contributed by atoms with Gasteiger partial charge in [-0.3, -0.25) is 14.4 Å². The van der Waals surface area contributed by atoms with Crippen LogP contribution in [0.25, 0.3) is 11.1 Å². The number of likely N-dealkylation sites (tertiary alicyclic amines) is 2. The van der Waals surface area contributed by atoms with Gasteiger partial charge < -0.3 is 20.3 Å². The lowest BCUT2D eigenvalue weighted by molar-refractivity contribution is -0.121. The van der Waals surface area contributed by atoms with E-state index in [1.54, 1.807) is 38.1 Å². The number of carbonyl (C=O) groups is 3. The molecule has 4 rings (SSSR count). The maximum atomic E-state index is 15.0. The van der Waals surface area contributed by atoms with Gasteiger partial charge in [-0.05, 0) is 93.9 Å². The maximum absolute atomic E-state index is 15.0. The van der Waals surface area contributed by atoms with Crippen LogP contribution in [-0.4, -0.2) is 72.4 Å². The molecule has 1 atom stereocenters. The van der Waals surface area contributed by atoms with Crippen LogP contribution in [-0.2, 0) is 4.79 Å². The van der Waals surface area contributed by atoms with Gasteiger partial charge in [0.1, 0.15) is 23.3 Å². The van der Waals surface area contributed by atoms with Crippen LogP contribution in [0.2, 0.25) is 0 Å². The van der Waals surface area contributed by atoms with Crippen molar-refractivity contribution in [3.63, 3.8) is 0 Å². The predicted molar refractivity (Wildman–Crippen MR) is 140 cm³/mol. The molecule has 0 bridgehead atoms. The Hall–Kier alpha value is -3.33. The van der Waals surface area contributed by atoms with Gasteiger partial charge in [0, 0.05) is 13.1 Å². The average molecular weight is 528 g/mol. The molecule has 2 amide bonds. The first-order valence-corrected chi connectivity index (χ1v) is 13.1. The minimum atomic E-state index is -1.22. The zero-order chi connectivity index (χ0) is 27.4. The fourth-order valence-electron chi connectivity index (χ4n) is 5.33. The Kier molecular flexibility index (Phi) is 8.45. The van der Waals surface area contributed by atoms with Crippen molar-refractivity contribution in [3.05, 3.63) is 53.3 Å². The van der Waals surface area contributed by atoms with Gasteiger partial charge in [0.25, 0.3) is 5.91 Å². The third-order valence-corrected chi connectivity index (χ3v) is 7.29. The fraction of sp³-hybridized carbons (Fsp3) is 0.483. The molecule has 2 heterocycles. The molecule has 0 aliphatic carbocycles. The van der Waals surface area contributed by atoms with E-state index >= 15 is 0 Å². The number of rotatable bonds is 9. The summed E-state index contributed by atoms with van der Waals surface area (Å²) in [5.41, 5.74) is 5.51. The summed E-state index contributed by atoms with van der Waals surface area (Å²) in [6.07, 6.45) is 3.61. The lowest BCUT2D eigenvalue weighted by Crippen LogP contribution is -2.43. The van der Waals surface area contributed by atoms with Gasteiger partial charge >= 0.3 is 0 Å². The van der Waals surface area contributed by atoms with Crippen molar-refractivity contribution in [2.24, 2.45) is 11.7 Å². The number of aldehydes is 1. The number of benzene rings is 2. The molecule has 0 unspecified atom stereocenters. The number of primary amides is 1. The molecule has 2 saturated heterocycles. The molecule has 7 nitrogen and oxygen atoms in total. The smallest absolute Gasteiger partial charge is 0.257 e. The van der Waals surface area contributed by atoms with Crippen LogP contribution in [0.5, 0.6) is 5.75 Å². The molecule has 0 aromatic heterocycles. The van der Waals surface area contributed by atoms with E-state index in [1.807, 2.05) is 0 Å². The van der Waals surface area contributed by atoms with E-state index < -0.39 is 29.3 Å². The van der Waals surface area contributed by atoms with Gasteiger partial charge in [-0.25, -0.2) is 8.78 Å².